The summed E-state index contributed by atoms with van der Waals surface area (Å²) < 4.78 is 0. The number of pyridine rings is 1. The number of likely N-dealkylation sites (tertiary alicyclic amines) is 2. The molecule has 6 amide bonds. The summed E-state index contributed by atoms with van der Waals surface area (Å²) in [5.74, 6) is -0.754. The maximum atomic E-state index is 14.1. The number of benzene rings is 2. The predicted octanol–water partition coefficient (Wildman–Crippen LogP) is 7.81. The van der Waals surface area contributed by atoms with E-state index in [0.29, 0.717) is 49.6 Å². The number of aliphatic hydroxyl groups is 1. The lowest BCUT2D eigenvalue weighted by Gasteiger charge is -2.35. The highest BCUT2D eigenvalue weighted by molar-refractivity contribution is 7.13. The van der Waals surface area contributed by atoms with Gasteiger partial charge in [-0.3, -0.25) is 33.8 Å². The smallest absolute Gasteiger partial charge is 0.253 e. The van der Waals surface area contributed by atoms with Crippen molar-refractivity contribution in [2.24, 2.45) is 11.3 Å². The van der Waals surface area contributed by atoms with Crippen LogP contribution in [0.3, 0.4) is 0 Å². The number of piperidine rings is 1. The van der Waals surface area contributed by atoms with Crippen molar-refractivity contribution in [1.29, 1.82) is 0 Å². The molecule has 2 aromatic carbocycles. The van der Waals surface area contributed by atoms with Crippen LogP contribution in [0.25, 0.3) is 16.5 Å². The van der Waals surface area contributed by atoms with Crippen molar-refractivity contribution in [2.75, 3.05) is 32.7 Å². The van der Waals surface area contributed by atoms with Gasteiger partial charge in [0.25, 0.3) is 11.8 Å². The molecule has 2 fully saturated rings. The van der Waals surface area contributed by atoms with E-state index in [1.807, 2.05) is 81.4 Å². The molecule has 386 valence electrons. The maximum Gasteiger partial charge on any atom is 0.253 e. The van der Waals surface area contributed by atoms with E-state index in [2.05, 4.69) is 31.2 Å². The van der Waals surface area contributed by atoms with Gasteiger partial charge in [-0.15, -0.1) is 11.3 Å². The molecule has 4 atom stereocenters. The summed E-state index contributed by atoms with van der Waals surface area (Å²) in [6.45, 7) is 12.0. The van der Waals surface area contributed by atoms with Crippen LogP contribution in [-0.2, 0) is 19.2 Å². The largest absolute Gasteiger partial charge is 0.391 e. The summed E-state index contributed by atoms with van der Waals surface area (Å²) in [5, 5.41) is 22.5. The number of unbranched alkanes of at least 4 members (excludes halogenated alkanes) is 5. The highest BCUT2D eigenvalue weighted by atomic mass is 32.1. The maximum absolute atomic E-state index is 14.1. The molecule has 4 aromatic rings. The first-order chi connectivity index (χ1) is 34.6. The second-order valence-electron chi connectivity index (χ2n) is 20.4. The zero-order chi connectivity index (χ0) is 51.6. The van der Waals surface area contributed by atoms with Crippen molar-refractivity contribution in [2.45, 2.75) is 136 Å². The van der Waals surface area contributed by atoms with Crippen LogP contribution in [0.5, 0.6) is 0 Å². The average molecular weight is 1000 g/mol. The molecule has 72 heavy (non-hydrogen) atoms. The molecule has 1 unspecified atom stereocenters. The number of thiazole rings is 1. The lowest BCUT2D eigenvalue weighted by atomic mass is 9.85. The van der Waals surface area contributed by atoms with E-state index >= 15 is 0 Å². The van der Waals surface area contributed by atoms with E-state index in [1.54, 1.807) is 54.1 Å². The van der Waals surface area contributed by atoms with Gasteiger partial charge in [0.05, 0.1) is 28.2 Å². The van der Waals surface area contributed by atoms with Crippen LogP contribution in [0.15, 0.2) is 84.6 Å². The molecule has 2 aliphatic rings. The number of aryl methyl sites for hydroxylation is 1. The van der Waals surface area contributed by atoms with Gasteiger partial charge in [-0.2, -0.15) is 0 Å². The third kappa shape index (κ3) is 16.4. The highest BCUT2D eigenvalue weighted by Crippen LogP contribution is 2.30. The highest BCUT2D eigenvalue weighted by Gasteiger charge is 2.44. The van der Waals surface area contributed by atoms with Crippen molar-refractivity contribution in [3.05, 3.63) is 113 Å². The summed E-state index contributed by atoms with van der Waals surface area (Å²) >= 11 is 1.58. The van der Waals surface area contributed by atoms with Gasteiger partial charge in [-0.25, -0.2) is 4.98 Å². The number of β-amino-alcohol motifs (C(OH)–C–C–N with tert-alkyl or cyclic N) is 1. The molecule has 15 nitrogen and oxygen atoms in total. The monoisotopic (exact) mass is 1000 g/mol. The summed E-state index contributed by atoms with van der Waals surface area (Å²) in [7, 11) is 0. The first-order valence-electron chi connectivity index (χ1n) is 25.7. The Bertz CT molecular complexity index is 2450. The number of hydrogen-bond donors (Lipinski definition) is 5. The number of carbonyl (C=O) groups is 6. The Kier molecular flexibility index (Phi) is 20.6. The number of carbonyl (C=O) groups excluding carboxylic acids is 6. The van der Waals surface area contributed by atoms with E-state index in [-0.39, 0.29) is 55.0 Å². The first kappa shape index (κ1) is 55.1. The van der Waals surface area contributed by atoms with Crippen LogP contribution in [0, 0.1) is 18.3 Å². The first-order valence-corrected chi connectivity index (χ1v) is 26.6. The van der Waals surface area contributed by atoms with Crippen LogP contribution in [0.2, 0.25) is 0 Å². The van der Waals surface area contributed by atoms with E-state index in [0.717, 1.165) is 85.0 Å². The second kappa shape index (κ2) is 27.0. The molecule has 2 aliphatic heterocycles. The number of rotatable bonds is 23. The van der Waals surface area contributed by atoms with Crippen LogP contribution in [-0.4, -0.2) is 111 Å². The van der Waals surface area contributed by atoms with Gasteiger partial charge in [-0.1, -0.05) is 83.2 Å². The third-order valence-electron chi connectivity index (χ3n) is 13.7. The van der Waals surface area contributed by atoms with Crippen LogP contribution in [0.1, 0.15) is 148 Å². The molecule has 2 aromatic heterocycles. The van der Waals surface area contributed by atoms with Gasteiger partial charge in [0, 0.05) is 75.2 Å². The molecule has 6 rings (SSSR count). The van der Waals surface area contributed by atoms with E-state index < -0.39 is 29.5 Å². The molecule has 0 radical (unpaired) electrons. The van der Waals surface area contributed by atoms with E-state index in [9.17, 15) is 33.9 Å². The fourth-order valence-electron chi connectivity index (χ4n) is 9.34. The number of aromatic nitrogens is 2. The van der Waals surface area contributed by atoms with E-state index in [1.165, 1.54) is 11.0 Å². The van der Waals surface area contributed by atoms with E-state index in [4.69, 9.17) is 0 Å². The Morgan fingerprint density at radius 2 is 1.53 bits per heavy atom. The molecule has 2 saturated heterocycles. The molecular weight excluding hydrogens is 929 g/mol. The molecule has 0 spiro atoms. The zero-order valence-corrected chi connectivity index (χ0v) is 43.5. The summed E-state index contributed by atoms with van der Waals surface area (Å²) in [5.41, 5.74) is 6.04. The minimum atomic E-state index is -0.891. The Morgan fingerprint density at radius 1 is 0.847 bits per heavy atom. The van der Waals surface area contributed by atoms with Crippen LogP contribution < -0.4 is 21.3 Å². The molecular formula is C56H74N8O7S. The number of aliphatic hydroxyl groups excluding tert-OH is 1. The Hall–Kier alpha value is -6.26. The fourth-order valence-corrected chi connectivity index (χ4v) is 10.2. The minimum absolute atomic E-state index is 0.00626. The van der Waals surface area contributed by atoms with Gasteiger partial charge in [0.1, 0.15) is 12.1 Å². The number of hydrogen-bond acceptors (Lipinski definition) is 10. The van der Waals surface area contributed by atoms with Gasteiger partial charge in [0.2, 0.25) is 23.6 Å². The number of nitrogens with zero attached hydrogens (tertiary/aromatic N) is 4. The quantitative estimate of drug-likeness (QED) is 0.0363. The number of nitrogens with one attached hydrogen (secondary N) is 4. The Morgan fingerprint density at radius 3 is 2.21 bits per heavy atom. The fraction of sp³-hybridized carbons (Fsp3) is 0.500. The van der Waals surface area contributed by atoms with Gasteiger partial charge in [-0.05, 0) is 110 Å². The van der Waals surface area contributed by atoms with Crippen molar-refractivity contribution >= 4 is 52.9 Å². The lowest BCUT2D eigenvalue weighted by molar-refractivity contribution is -0.144. The average Bonchev–Trinajstić information content (AvgIpc) is 4.00. The molecule has 0 saturated carbocycles. The molecule has 5 N–H and O–H groups in total. The molecule has 4 heterocycles. The second-order valence-corrected chi connectivity index (χ2v) is 21.2. The van der Waals surface area contributed by atoms with Gasteiger partial charge >= 0.3 is 0 Å². The van der Waals surface area contributed by atoms with Crippen molar-refractivity contribution in [3.63, 3.8) is 0 Å². The molecule has 16 heteroatoms. The summed E-state index contributed by atoms with van der Waals surface area (Å²) in [4.78, 5) is 92.0. The summed E-state index contributed by atoms with van der Waals surface area (Å²) in [6.07, 6.45) is 15.0. The molecule has 0 aliphatic carbocycles. The third-order valence-corrected chi connectivity index (χ3v) is 14.6. The standard InChI is InChI=1S/C56H74N8O7S/c1-38(42-18-20-43(21-19-42)50-39(2)60-37-72-50)61-53(69)47-34-46(65)36-64(47)55(71)51(56(3,4)5)62-49(67)16-9-7-6-8-11-31-59-52(68)44-22-24-45(25-23-44)54(70)63-32-27-40(28-33-63)14-10-12-30-58-48(66)26-17-41-15-13-29-57-35-41/h13,15,17-26,29,35,37-38,40,46-47,51,65H,6-12,14,16,27-28,30-34,36H2,1-5H3,(H,58,66)(H,59,68)(H,61,69)(H,62,67)/b26-17+/t38-,46?,47-,51+/m0/s1. The lowest BCUT2D eigenvalue weighted by Crippen LogP contribution is -2.57. The Balaban J connectivity index is 0.825. The van der Waals surface area contributed by atoms with Crippen LogP contribution in [0.4, 0.5) is 0 Å². The topological polar surface area (TPSA) is 203 Å². The molecule has 0 bridgehead atoms. The van der Waals surface area contributed by atoms with Crippen molar-refractivity contribution < 1.29 is 33.9 Å². The minimum Gasteiger partial charge on any atom is -0.391 e. The normalized spacial score (nSPS) is 17.1. The van der Waals surface area contributed by atoms with Crippen LogP contribution >= 0.6 is 11.3 Å². The number of amides is 6. The predicted molar refractivity (Wildman–Crippen MR) is 282 cm³/mol. The zero-order valence-electron chi connectivity index (χ0n) is 42.7. The van der Waals surface area contributed by atoms with Crippen molar-refractivity contribution in [3.8, 4) is 10.4 Å². The summed E-state index contributed by atoms with van der Waals surface area (Å²) in [6, 6.07) is 16.4. The Labute approximate surface area is 429 Å². The van der Waals surface area contributed by atoms with Gasteiger partial charge < -0.3 is 36.2 Å². The SMILES string of the molecule is Cc1ncsc1-c1ccc([C@H](C)NC(=O)[C@@H]2CC(O)CN2C(=O)[C@@H](NC(=O)CCCCCCCNC(=O)c2ccc(C(=O)N3CCC(CCCCNC(=O)/C=C/c4cccnc4)CC3)cc2)C(C)(C)C)cc1. The van der Waals surface area contributed by atoms with Crippen molar-refractivity contribution in [1.82, 2.24) is 41.0 Å². The van der Waals surface area contributed by atoms with Gasteiger partial charge in [0.15, 0.2) is 0 Å².